The van der Waals surface area contributed by atoms with E-state index in [1.165, 1.54) is 6.42 Å². The van der Waals surface area contributed by atoms with Crippen LogP contribution in [0.5, 0.6) is 0 Å². The molecule has 1 saturated heterocycles. The van der Waals surface area contributed by atoms with Crippen molar-refractivity contribution in [2.75, 3.05) is 17.2 Å². The van der Waals surface area contributed by atoms with E-state index >= 15 is 0 Å². The quantitative estimate of drug-likeness (QED) is 0.895. The highest BCUT2D eigenvalue weighted by Gasteiger charge is 2.23. The first-order valence-electron chi connectivity index (χ1n) is 8.56. The minimum absolute atomic E-state index is 0.0958. The number of hydrogen-bond acceptors (Lipinski definition) is 3. The molecule has 1 aromatic carbocycles. The molecule has 1 aliphatic carbocycles. The van der Waals surface area contributed by atoms with Crippen molar-refractivity contribution in [2.24, 2.45) is 5.92 Å². The number of ether oxygens (including phenoxy) is 1. The second kappa shape index (κ2) is 7.59. The highest BCUT2D eigenvalue weighted by Crippen LogP contribution is 2.25. The van der Waals surface area contributed by atoms with Gasteiger partial charge in [0.2, 0.25) is 5.91 Å². The molecule has 1 aliphatic heterocycles. The summed E-state index contributed by atoms with van der Waals surface area (Å²) in [6.07, 6.45) is 6.89. The number of anilines is 2. The van der Waals surface area contributed by atoms with Crippen LogP contribution in [0.25, 0.3) is 0 Å². The average Bonchev–Trinajstić information content (AvgIpc) is 3.12. The average molecular weight is 316 g/mol. The SMILES string of the molecule is O=C(Nc1ccc(NC(=O)C2CCCO2)cc1)C1CCCCC1. The summed E-state index contributed by atoms with van der Waals surface area (Å²) in [5.74, 6) is 0.157. The summed E-state index contributed by atoms with van der Waals surface area (Å²) in [7, 11) is 0. The summed E-state index contributed by atoms with van der Waals surface area (Å²) < 4.78 is 5.36. The third-order valence-corrected chi connectivity index (χ3v) is 4.62. The Balaban J connectivity index is 1.52. The van der Waals surface area contributed by atoms with E-state index in [4.69, 9.17) is 4.74 Å². The fourth-order valence-corrected chi connectivity index (χ4v) is 3.25. The first-order chi connectivity index (χ1) is 11.2. The van der Waals surface area contributed by atoms with Gasteiger partial charge in [-0.1, -0.05) is 19.3 Å². The Labute approximate surface area is 136 Å². The van der Waals surface area contributed by atoms with Gasteiger partial charge in [0.25, 0.3) is 5.91 Å². The zero-order chi connectivity index (χ0) is 16.1. The molecule has 5 heteroatoms. The van der Waals surface area contributed by atoms with Crippen LogP contribution >= 0.6 is 0 Å². The van der Waals surface area contributed by atoms with Gasteiger partial charge in [0.1, 0.15) is 6.10 Å². The van der Waals surface area contributed by atoms with Gasteiger partial charge in [-0.25, -0.2) is 0 Å². The van der Waals surface area contributed by atoms with Crippen molar-refractivity contribution in [3.05, 3.63) is 24.3 Å². The Bertz CT molecular complexity index is 544. The van der Waals surface area contributed by atoms with Crippen LogP contribution in [0.15, 0.2) is 24.3 Å². The molecule has 0 spiro atoms. The molecule has 23 heavy (non-hydrogen) atoms. The molecule has 2 aliphatic rings. The number of amides is 2. The molecule has 1 unspecified atom stereocenters. The Hall–Kier alpha value is -1.88. The molecule has 1 saturated carbocycles. The van der Waals surface area contributed by atoms with E-state index < -0.39 is 0 Å². The van der Waals surface area contributed by atoms with Crippen molar-refractivity contribution in [3.8, 4) is 0 Å². The van der Waals surface area contributed by atoms with Crippen LogP contribution in [-0.4, -0.2) is 24.5 Å². The fourth-order valence-electron chi connectivity index (χ4n) is 3.25. The van der Waals surface area contributed by atoms with Gasteiger partial charge < -0.3 is 15.4 Å². The first kappa shape index (κ1) is 16.0. The largest absolute Gasteiger partial charge is 0.368 e. The van der Waals surface area contributed by atoms with Gasteiger partial charge in [-0.05, 0) is 49.9 Å². The van der Waals surface area contributed by atoms with Crippen molar-refractivity contribution in [2.45, 2.75) is 51.0 Å². The van der Waals surface area contributed by atoms with Crippen LogP contribution in [0, 0.1) is 5.92 Å². The lowest BCUT2D eigenvalue weighted by Gasteiger charge is -2.20. The molecule has 0 bridgehead atoms. The van der Waals surface area contributed by atoms with E-state index in [2.05, 4.69) is 10.6 Å². The van der Waals surface area contributed by atoms with E-state index in [1.54, 1.807) is 0 Å². The van der Waals surface area contributed by atoms with Crippen LogP contribution in [0.1, 0.15) is 44.9 Å². The zero-order valence-corrected chi connectivity index (χ0v) is 13.3. The molecule has 1 atom stereocenters. The second-order valence-corrected chi connectivity index (χ2v) is 6.39. The van der Waals surface area contributed by atoms with E-state index in [9.17, 15) is 9.59 Å². The summed E-state index contributed by atoms with van der Waals surface area (Å²) in [5, 5.41) is 5.82. The van der Waals surface area contributed by atoms with E-state index in [-0.39, 0.29) is 23.8 Å². The Morgan fingerprint density at radius 2 is 1.43 bits per heavy atom. The number of carbonyl (C=O) groups excluding carboxylic acids is 2. The van der Waals surface area contributed by atoms with E-state index in [0.717, 1.165) is 49.9 Å². The van der Waals surface area contributed by atoms with Gasteiger partial charge in [-0.15, -0.1) is 0 Å². The maximum absolute atomic E-state index is 12.2. The zero-order valence-electron chi connectivity index (χ0n) is 13.3. The molecule has 0 radical (unpaired) electrons. The maximum atomic E-state index is 12.2. The van der Waals surface area contributed by atoms with E-state index in [1.807, 2.05) is 24.3 Å². The Kier molecular flexibility index (Phi) is 5.28. The van der Waals surface area contributed by atoms with Crippen LogP contribution in [-0.2, 0) is 14.3 Å². The third-order valence-electron chi connectivity index (χ3n) is 4.62. The van der Waals surface area contributed by atoms with E-state index in [0.29, 0.717) is 6.61 Å². The van der Waals surface area contributed by atoms with Crippen molar-refractivity contribution in [1.82, 2.24) is 0 Å². The molecular formula is C18H24N2O3. The number of hydrogen-bond donors (Lipinski definition) is 2. The normalized spacial score (nSPS) is 21.8. The Morgan fingerprint density at radius 1 is 0.826 bits per heavy atom. The lowest BCUT2D eigenvalue weighted by molar-refractivity contribution is -0.124. The number of nitrogens with one attached hydrogen (secondary N) is 2. The molecule has 124 valence electrons. The first-order valence-corrected chi connectivity index (χ1v) is 8.56. The van der Waals surface area contributed by atoms with Crippen LogP contribution in [0.2, 0.25) is 0 Å². The molecule has 3 rings (SSSR count). The lowest BCUT2D eigenvalue weighted by Crippen LogP contribution is -2.27. The minimum atomic E-state index is -0.333. The van der Waals surface area contributed by atoms with Crippen molar-refractivity contribution < 1.29 is 14.3 Å². The topological polar surface area (TPSA) is 67.4 Å². The predicted octanol–water partition coefficient (Wildman–Crippen LogP) is 3.32. The molecule has 2 fully saturated rings. The molecule has 1 aromatic rings. The van der Waals surface area contributed by atoms with Gasteiger partial charge in [0.05, 0.1) is 0 Å². The monoisotopic (exact) mass is 316 g/mol. The fraction of sp³-hybridized carbons (Fsp3) is 0.556. The summed E-state index contributed by atoms with van der Waals surface area (Å²) in [4.78, 5) is 24.2. The second-order valence-electron chi connectivity index (χ2n) is 6.39. The molecular weight excluding hydrogens is 292 g/mol. The number of carbonyl (C=O) groups is 2. The van der Waals surface area contributed by atoms with Gasteiger partial charge in [0.15, 0.2) is 0 Å². The third kappa shape index (κ3) is 4.32. The van der Waals surface area contributed by atoms with Crippen LogP contribution in [0.3, 0.4) is 0 Å². The van der Waals surface area contributed by atoms with Crippen molar-refractivity contribution >= 4 is 23.2 Å². The number of benzene rings is 1. The number of rotatable bonds is 4. The van der Waals surface area contributed by atoms with Crippen LogP contribution < -0.4 is 10.6 Å². The lowest BCUT2D eigenvalue weighted by atomic mass is 9.88. The van der Waals surface area contributed by atoms with Crippen LogP contribution in [0.4, 0.5) is 11.4 Å². The van der Waals surface area contributed by atoms with Crippen molar-refractivity contribution in [1.29, 1.82) is 0 Å². The molecule has 5 nitrogen and oxygen atoms in total. The van der Waals surface area contributed by atoms with Gasteiger partial charge in [-0.2, -0.15) is 0 Å². The summed E-state index contributed by atoms with van der Waals surface area (Å²) in [5.41, 5.74) is 1.50. The summed E-state index contributed by atoms with van der Waals surface area (Å²) >= 11 is 0. The Morgan fingerprint density at radius 3 is 2.00 bits per heavy atom. The van der Waals surface area contributed by atoms with Gasteiger partial charge in [0, 0.05) is 23.9 Å². The minimum Gasteiger partial charge on any atom is -0.368 e. The van der Waals surface area contributed by atoms with Gasteiger partial charge in [-0.3, -0.25) is 9.59 Å². The summed E-state index contributed by atoms with van der Waals surface area (Å²) in [6, 6.07) is 7.27. The molecule has 0 aromatic heterocycles. The highest BCUT2D eigenvalue weighted by atomic mass is 16.5. The molecule has 1 heterocycles. The smallest absolute Gasteiger partial charge is 0.253 e. The van der Waals surface area contributed by atoms with Crippen molar-refractivity contribution in [3.63, 3.8) is 0 Å². The highest BCUT2D eigenvalue weighted by molar-refractivity contribution is 5.95. The summed E-state index contributed by atoms with van der Waals surface area (Å²) in [6.45, 7) is 0.657. The molecule has 2 N–H and O–H groups in total. The standard InChI is InChI=1S/C18H24N2O3/c21-17(13-5-2-1-3-6-13)19-14-8-10-15(11-9-14)20-18(22)16-7-4-12-23-16/h8-11,13,16H,1-7,12H2,(H,19,21)(H,20,22). The maximum Gasteiger partial charge on any atom is 0.253 e. The predicted molar refractivity (Wildman–Crippen MR) is 89.3 cm³/mol. The molecule has 2 amide bonds. The van der Waals surface area contributed by atoms with Gasteiger partial charge >= 0.3 is 0 Å².